The van der Waals surface area contributed by atoms with Gasteiger partial charge in [-0.05, 0) is 12.1 Å². The highest BCUT2D eigenvalue weighted by Gasteiger charge is 2.18. The van der Waals surface area contributed by atoms with Gasteiger partial charge in [-0.25, -0.2) is 4.98 Å². The average Bonchev–Trinajstić information content (AvgIpc) is 2.43. The zero-order chi connectivity index (χ0) is 14.9. The van der Waals surface area contributed by atoms with E-state index in [0.29, 0.717) is 15.6 Å². The molecule has 2 rings (SSSR count). The molecule has 1 aromatic heterocycles. The van der Waals surface area contributed by atoms with Crippen LogP contribution in [-0.2, 0) is 0 Å². The summed E-state index contributed by atoms with van der Waals surface area (Å²) in [6.45, 7) is 0. The Balaban J connectivity index is 2.66. The Bertz CT molecular complexity index is 692. The van der Waals surface area contributed by atoms with E-state index in [1.165, 1.54) is 13.3 Å². The van der Waals surface area contributed by atoms with Crippen molar-refractivity contribution in [1.82, 2.24) is 9.97 Å². The molecule has 8 heteroatoms. The van der Waals surface area contributed by atoms with E-state index in [0.717, 1.165) is 0 Å². The minimum absolute atomic E-state index is 0.0367. The normalized spacial score (nSPS) is 10.4. The van der Waals surface area contributed by atoms with Crippen molar-refractivity contribution in [3.63, 3.8) is 0 Å². The van der Waals surface area contributed by atoms with Crippen molar-refractivity contribution in [3.8, 4) is 17.3 Å². The molecule has 0 aliphatic rings. The van der Waals surface area contributed by atoms with Crippen LogP contribution in [0.4, 0.5) is 0 Å². The quantitative estimate of drug-likeness (QED) is 0.875. The van der Waals surface area contributed by atoms with Crippen LogP contribution >= 0.6 is 34.8 Å². The highest BCUT2D eigenvalue weighted by Crippen LogP contribution is 2.38. The second-order valence-electron chi connectivity index (χ2n) is 3.70. The number of aromatic nitrogens is 2. The molecule has 20 heavy (non-hydrogen) atoms. The fourth-order valence-corrected chi connectivity index (χ4v) is 2.24. The summed E-state index contributed by atoms with van der Waals surface area (Å²) < 4.78 is 5.01. The Hall–Kier alpha value is -1.56. The smallest absolute Gasteiger partial charge is 0.255 e. The first-order valence-electron chi connectivity index (χ1n) is 5.30. The standard InChI is InChI=1S/C12H8Cl3N3O2/c1-20-12-5(10(16)19)4-17-11(18-12)8-6(13)2-3-7(14)9(8)15/h2-4H,1H3,(H2,16,19). The maximum Gasteiger partial charge on any atom is 0.255 e. The SMILES string of the molecule is COc1nc(-c2c(Cl)ccc(Cl)c2Cl)ncc1C(N)=O. The lowest BCUT2D eigenvalue weighted by molar-refractivity contribution is 0.0996. The Morgan fingerprint density at radius 1 is 1.25 bits per heavy atom. The van der Waals surface area contributed by atoms with Crippen molar-refractivity contribution in [2.24, 2.45) is 5.73 Å². The number of amides is 1. The van der Waals surface area contributed by atoms with Crippen molar-refractivity contribution < 1.29 is 9.53 Å². The highest BCUT2D eigenvalue weighted by atomic mass is 35.5. The van der Waals surface area contributed by atoms with Gasteiger partial charge in [0.15, 0.2) is 5.82 Å². The summed E-state index contributed by atoms with van der Waals surface area (Å²) >= 11 is 18.1. The van der Waals surface area contributed by atoms with Crippen molar-refractivity contribution >= 4 is 40.7 Å². The predicted molar refractivity (Wildman–Crippen MR) is 77.6 cm³/mol. The maximum absolute atomic E-state index is 11.2. The minimum atomic E-state index is -0.698. The molecule has 1 amide bonds. The molecule has 104 valence electrons. The molecule has 1 aromatic carbocycles. The molecule has 0 spiro atoms. The third-order valence-corrected chi connectivity index (χ3v) is 3.60. The molecule has 2 aromatic rings. The number of benzene rings is 1. The number of nitrogens with two attached hydrogens (primary N) is 1. The van der Waals surface area contributed by atoms with E-state index in [4.69, 9.17) is 45.3 Å². The molecule has 0 radical (unpaired) electrons. The highest BCUT2D eigenvalue weighted by molar-refractivity contribution is 6.45. The summed E-state index contributed by atoms with van der Waals surface area (Å²) in [5, 5.41) is 0.855. The third kappa shape index (κ3) is 2.65. The summed E-state index contributed by atoms with van der Waals surface area (Å²) in [6, 6.07) is 3.13. The lowest BCUT2D eigenvalue weighted by Gasteiger charge is -2.09. The predicted octanol–water partition coefficient (Wildman–Crippen LogP) is 3.21. The molecule has 0 atom stereocenters. The van der Waals surface area contributed by atoms with Crippen molar-refractivity contribution in [3.05, 3.63) is 39.0 Å². The summed E-state index contributed by atoms with van der Waals surface area (Å²) in [5.74, 6) is -0.476. The van der Waals surface area contributed by atoms with Gasteiger partial charge in [-0.15, -0.1) is 0 Å². The third-order valence-electron chi connectivity index (χ3n) is 2.48. The number of methoxy groups -OCH3 is 1. The van der Waals surface area contributed by atoms with Crippen molar-refractivity contribution in [1.29, 1.82) is 0 Å². The summed E-state index contributed by atoms with van der Waals surface area (Å²) in [7, 11) is 1.36. The number of ether oxygens (including phenoxy) is 1. The molecule has 0 saturated carbocycles. The Morgan fingerprint density at radius 2 is 1.90 bits per heavy atom. The second-order valence-corrected chi connectivity index (χ2v) is 4.89. The van der Waals surface area contributed by atoms with E-state index < -0.39 is 5.91 Å². The van der Waals surface area contributed by atoms with Crippen LogP contribution in [0.3, 0.4) is 0 Å². The number of rotatable bonds is 3. The van der Waals surface area contributed by atoms with E-state index in [1.807, 2.05) is 0 Å². The van der Waals surface area contributed by atoms with Crippen LogP contribution in [0.5, 0.6) is 5.88 Å². The lowest BCUT2D eigenvalue weighted by atomic mass is 10.2. The van der Waals surface area contributed by atoms with Gasteiger partial charge in [-0.3, -0.25) is 4.79 Å². The number of carbonyl (C=O) groups excluding carboxylic acids is 1. The number of halogens is 3. The molecule has 5 nitrogen and oxygen atoms in total. The molecule has 1 heterocycles. The fourth-order valence-electron chi connectivity index (χ4n) is 1.54. The van der Waals surface area contributed by atoms with Gasteiger partial charge in [0.25, 0.3) is 5.91 Å². The number of hydrogen-bond acceptors (Lipinski definition) is 4. The Kier molecular flexibility index (Phi) is 4.32. The first-order valence-corrected chi connectivity index (χ1v) is 6.43. The number of nitrogens with zero attached hydrogens (tertiary/aromatic N) is 2. The fraction of sp³-hybridized carbons (Fsp3) is 0.0833. The van der Waals surface area contributed by atoms with Gasteiger partial charge in [0.05, 0.1) is 27.7 Å². The van der Waals surface area contributed by atoms with Crippen LogP contribution in [0, 0.1) is 0 Å². The number of carbonyl (C=O) groups is 1. The van der Waals surface area contributed by atoms with Gasteiger partial charge in [0, 0.05) is 6.20 Å². The molecule has 2 N–H and O–H groups in total. The van der Waals surface area contributed by atoms with Crippen LogP contribution in [0.15, 0.2) is 18.3 Å². The molecular weight excluding hydrogens is 325 g/mol. The molecule has 0 fully saturated rings. The van der Waals surface area contributed by atoms with Gasteiger partial charge in [0.2, 0.25) is 5.88 Å². The van der Waals surface area contributed by atoms with E-state index >= 15 is 0 Å². The Morgan fingerprint density at radius 3 is 2.50 bits per heavy atom. The molecular formula is C12H8Cl3N3O2. The van der Waals surface area contributed by atoms with Gasteiger partial charge in [-0.1, -0.05) is 34.8 Å². The molecule has 0 unspecified atom stereocenters. The van der Waals surface area contributed by atoms with Gasteiger partial charge >= 0.3 is 0 Å². The van der Waals surface area contributed by atoms with Gasteiger partial charge in [-0.2, -0.15) is 4.98 Å². The van der Waals surface area contributed by atoms with E-state index in [2.05, 4.69) is 9.97 Å². The van der Waals surface area contributed by atoms with Crippen molar-refractivity contribution in [2.45, 2.75) is 0 Å². The minimum Gasteiger partial charge on any atom is -0.480 e. The topological polar surface area (TPSA) is 78.1 Å². The summed E-state index contributed by atoms with van der Waals surface area (Å²) in [5.41, 5.74) is 5.61. The van der Waals surface area contributed by atoms with E-state index in [9.17, 15) is 4.79 Å². The average molecular weight is 333 g/mol. The molecule has 0 aliphatic heterocycles. The monoisotopic (exact) mass is 331 g/mol. The maximum atomic E-state index is 11.2. The zero-order valence-electron chi connectivity index (χ0n) is 10.2. The number of primary amides is 1. The molecule has 0 saturated heterocycles. The summed E-state index contributed by atoms with van der Waals surface area (Å²) in [4.78, 5) is 19.3. The van der Waals surface area contributed by atoms with Crippen LogP contribution in [-0.4, -0.2) is 23.0 Å². The Labute approximate surface area is 129 Å². The summed E-state index contributed by atoms with van der Waals surface area (Å²) in [6.07, 6.45) is 1.25. The van der Waals surface area contributed by atoms with Crippen LogP contribution in [0.1, 0.15) is 10.4 Å². The van der Waals surface area contributed by atoms with E-state index in [-0.39, 0.29) is 22.3 Å². The van der Waals surface area contributed by atoms with Crippen molar-refractivity contribution in [2.75, 3.05) is 7.11 Å². The van der Waals surface area contributed by atoms with Crippen LogP contribution < -0.4 is 10.5 Å². The second kappa shape index (κ2) is 5.83. The van der Waals surface area contributed by atoms with E-state index in [1.54, 1.807) is 12.1 Å². The van der Waals surface area contributed by atoms with Gasteiger partial charge in [0.1, 0.15) is 5.56 Å². The first kappa shape index (κ1) is 14.8. The van der Waals surface area contributed by atoms with Crippen LogP contribution in [0.25, 0.3) is 11.4 Å². The zero-order valence-corrected chi connectivity index (χ0v) is 12.4. The first-order chi connectivity index (χ1) is 9.45. The van der Waals surface area contributed by atoms with Crippen LogP contribution in [0.2, 0.25) is 15.1 Å². The lowest BCUT2D eigenvalue weighted by Crippen LogP contribution is -2.14. The molecule has 0 bridgehead atoms. The number of hydrogen-bond donors (Lipinski definition) is 1. The largest absolute Gasteiger partial charge is 0.480 e. The van der Waals surface area contributed by atoms with Gasteiger partial charge < -0.3 is 10.5 Å². The molecule has 0 aliphatic carbocycles.